The molecule has 1 amide bonds. The van der Waals surface area contributed by atoms with Crippen LogP contribution in [-0.2, 0) is 4.79 Å². The number of carbonyl (C=O) groups excluding carboxylic acids is 1. The number of H-pyrrole nitrogens is 1. The van der Waals surface area contributed by atoms with Crippen LogP contribution in [0, 0.1) is 11.2 Å². The molecule has 2 fully saturated rings. The smallest absolute Gasteiger partial charge is 0.236 e. The molecule has 4 heterocycles. The Morgan fingerprint density at radius 3 is 2.72 bits per heavy atom. The van der Waals surface area contributed by atoms with Crippen molar-refractivity contribution >= 4 is 23.6 Å². The van der Waals surface area contributed by atoms with E-state index in [0.29, 0.717) is 18.2 Å². The minimum Gasteiger partial charge on any atom is -0.354 e. The summed E-state index contributed by atoms with van der Waals surface area (Å²) in [6, 6.07) is 12.6. The highest BCUT2D eigenvalue weighted by molar-refractivity contribution is 5.94. The highest BCUT2D eigenvalue weighted by Crippen LogP contribution is 2.32. The second-order valence-electron chi connectivity index (χ2n) is 10.2. The van der Waals surface area contributed by atoms with Crippen LogP contribution in [0.2, 0.25) is 0 Å². The van der Waals surface area contributed by atoms with Gasteiger partial charge in [-0.2, -0.15) is 0 Å². The third kappa shape index (κ3) is 6.34. The molecule has 39 heavy (non-hydrogen) atoms. The number of anilines is 1. The van der Waals surface area contributed by atoms with Gasteiger partial charge in [0.15, 0.2) is 0 Å². The van der Waals surface area contributed by atoms with Gasteiger partial charge >= 0.3 is 0 Å². The van der Waals surface area contributed by atoms with Crippen molar-refractivity contribution in [2.75, 3.05) is 58.3 Å². The number of halogens is 1. The van der Waals surface area contributed by atoms with Crippen LogP contribution in [0.3, 0.4) is 0 Å². The van der Waals surface area contributed by atoms with Crippen LogP contribution in [0.5, 0.6) is 0 Å². The molecule has 0 saturated carbocycles. The van der Waals surface area contributed by atoms with Crippen molar-refractivity contribution in [2.24, 2.45) is 0 Å². The van der Waals surface area contributed by atoms with Crippen LogP contribution >= 0.6 is 0 Å². The number of carbonyl (C=O) groups is 1. The van der Waals surface area contributed by atoms with E-state index >= 15 is 0 Å². The van der Waals surface area contributed by atoms with E-state index in [0.717, 1.165) is 68.3 Å². The number of benzene rings is 1. The first-order chi connectivity index (χ1) is 18.9. The number of aromatic nitrogens is 3. The van der Waals surface area contributed by atoms with E-state index in [1.165, 1.54) is 6.07 Å². The quantitative estimate of drug-likeness (QED) is 0.358. The van der Waals surface area contributed by atoms with Gasteiger partial charge in [0.05, 0.1) is 30.2 Å². The van der Waals surface area contributed by atoms with E-state index in [1.807, 2.05) is 29.2 Å². The summed E-state index contributed by atoms with van der Waals surface area (Å²) in [6.07, 6.45) is 7.16. The van der Waals surface area contributed by atoms with Crippen molar-refractivity contribution in [3.8, 4) is 11.4 Å². The van der Waals surface area contributed by atoms with Crippen molar-refractivity contribution in [1.29, 1.82) is 5.41 Å². The van der Waals surface area contributed by atoms with Gasteiger partial charge in [-0.15, -0.1) is 0 Å². The van der Waals surface area contributed by atoms with E-state index < -0.39 is 0 Å². The van der Waals surface area contributed by atoms with Crippen molar-refractivity contribution in [1.82, 2.24) is 29.7 Å². The van der Waals surface area contributed by atoms with E-state index in [1.54, 1.807) is 49.5 Å². The molecule has 10 heteroatoms. The van der Waals surface area contributed by atoms with Gasteiger partial charge in [0.1, 0.15) is 23.3 Å². The van der Waals surface area contributed by atoms with Crippen LogP contribution in [-0.4, -0.2) is 94.8 Å². The molecule has 3 aromatic rings. The van der Waals surface area contributed by atoms with Crippen molar-refractivity contribution in [3.63, 3.8) is 0 Å². The van der Waals surface area contributed by atoms with E-state index in [2.05, 4.69) is 19.8 Å². The summed E-state index contributed by atoms with van der Waals surface area (Å²) in [4.78, 5) is 32.7. The summed E-state index contributed by atoms with van der Waals surface area (Å²) in [5.74, 6) is 1.79. The Balaban J connectivity index is 1.21. The number of aromatic amines is 1. The van der Waals surface area contributed by atoms with Crippen LogP contribution in [0.4, 0.5) is 10.2 Å². The molecule has 2 aliphatic heterocycles. The number of likely N-dealkylation sites (tertiary alicyclic amines) is 1. The second-order valence-corrected chi connectivity index (χ2v) is 10.2. The highest BCUT2D eigenvalue weighted by atomic mass is 19.1. The van der Waals surface area contributed by atoms with E-state index in [-0.39, 0.29) is 17.8 Å². The standard InChI is InChI=1S/C29H35FN8O/c1-35(2)29(39)20-36-14-16-37(17-15-36)28-10-4-8-23(34-28)24-19-32-27(33-24)12-11-26(31)38-13-5-9-25(38)21-6-3-7-22(30)18-21/h3-4,6-8,10-12,18-19,25,31H,5,9,13-17,20H2,1-2H3,(H,32,33). The Morgan fingerprint density at radius 1 is 1.15 bits per heavy atom. The van der Waals surface area contributed by atoms with Crippen molar-refractivity contribution in [3.05, 3.63) is 71.9 Å². The normalized spacial score (nSPS) is 18.2. The number of nitrogens with zero attached hydrogens (tertiary/aromatic N) is 6. The minimum absolute atomic E-state index is 0.00675. The lowest BCUT2D eigenvalue weighted by Crippen LogP contribution is -2.49. The first-order valence-corrected chi connectivity index (χ1v) is 13.4. The first kappa shape index (κ1) is 26.6. The van der Waals surface area contributed by atoms with Gasteiger partial charge in [-0.25, -0.2) is 14.4 Å². The van der Waals surface area contributed by atoms with Gasteiger partial charge in [-0.3, -0.25) is 15.1 Å². The summed E-state index contributed by atoms with van der Waals surface area (Å²) in [5, 5.41) is 8.61. The molecule has 1 unspecified atom stereocenters. The Labute approximate surface area is 228 Å². The fourth-order valence-corrected chi connectivity index (χ4v) is 5.14. The fourth-order valence-electron chi connectivity index (χ4n) is 5.14. The molecule has 9 nitrogen and oxygen atoms in total. The van der Waals surface area contributed by atoms with Gasteiger partial charge in [-0.05, 0) is 54.8 Å². The molecule has 2 saturated heterocycles. The van der Waals surface area contributed by atoms with Crippen molar-refractivity contribution < 1.29 is 9.18 Å². The predicted octanol–water partition coefficient (Wildman–Crippen LogP) is 3.65. The average molecular weight is 531 g/mol. The number of amidine groups is 1. The molecular weight excluding hydrogens is 495 g/mol. The zero-order valence-corrected chi connectivity index (χ0v) is 22.5. The maximum Gasteiger partial charge on any atom is 0.236 e. The number of pyridine rings is 1. The topological polar surface area (TPSA) is 95.5 Å². The van der Waals surface area contributed by atoms with Gasteiger partial charge in [0, 0.05) is 46.8 Å². The summed E-state index contributed by atoms with van der Waals surface area (Å²) < 4.78 is 13.8. The lowest BCUT2D eigenvalue weighted by Gasteiger charge is -2.35. The minimum atomic E-state index is -0.249. The monoisotopic (exact) mass is 530 g/mol. The third-order valence-corrected chi connectivity index (χ3v) is 7.35. The molecule has 5 rings (SSSR count). The predicted molar refractivity (Wildman–Crippen MR) is 151 cm³/mol. The Morgan fingerprint density at radius 2 is 1.95 bits per heavy atom. The van der Waals surface area contributed by atoms with Gasteiger partial charge < -0.3 is 19.7 Å². The number of imidazole rings is 1. The van der Waals surface area contributed by atoms with Crippen LogP contribution in [0.1, 0.15) is 30.3 Å². The molecular formula is C29H35FN8O. The fraction of sp³-hybridized carbons (Fsp3) is 0.379. The molecule has 2 aliphatic rings. The maximum absolute atomic E-state index is 13.8. The third-order valence-electron chi connectivity index (χ3n) is 7.35. The molecule has 0 bridgehead atoms. The molecule has 1 aromatic carbocycles. The zero-order valence-electron chi connectivity index (χ0n) is 22.5. The van der Waals surface area contributed by atoms with Gasteiger partial charge in [-0.1, -0.05) is 18.2 Å². The first-order valence-electron chi connectivity index (χ1n) is 13.4. The van der Waals surface area contributed by atoms with Crippen LogP contribution in [0.15, 0.2) is 54.7 Å². The Kier molecular flexibility index (Phi) is 8.02. The highest BCUT2D eigenvalue weighted by Gasteiger charge is 2.27. The largest absolute Gasteiger partial charge is 0.354 e. The summed E-state index contributed by atoms with van der Waals surface area (Å²) in [5.41, 5.74) is 2.50. The average Bonchev–Trinajstić information content (AvgIpc) is 3.63. The molecule has 0 spiro atoms. The second kappa shape index (κ2) is 11.8. The maximum atomic E-state index is 13.8. The summed E-state index contributed by atoms with van der Waals surface area (Å²) in [6.45, 7) is 4.46. The molecule has 204 valence electrons. The number of likely N-dealkylation sites (N-methyl/N-ethyl adjacent to an activating group) is 1. The number of amides is 1. The summed E-state index contributed by atoms with van der Waals surface area (Å²) in [7, 11) is 3.57. The molecule has 2 aromatic heterocycles. The van der Waals surface area contributed by atoms with Crippen LogP contribution in [0.25, 0.3) is 17.5 Å². The number of hydrogen-bond donors (Lipinski definition) is 2. The lowest BCUT2D eigenvalue weighted by molar-refractivity contribution is -0.129. The molecule has 2 N–H and O–H groups in total. The van der Waals surface area contributed by atoms with Crippen molar-refractivity contribution in [2.45, 2.75) is 18.9 Å². The number of hydrogen-bond acceptors (Lipinski definition) is 6. The molecule has 1 atom stereocenters. The Hall–Kier alpha value is -4.05. The van der Waals surface area contributed by atoms with E-state index in [4.69, 9.17) is 10.4 Å². The number of rotatable bonds is 7. The van der Waals surface area contributed by atoms with Gasteiger partial charge in [0.2, 0.25) is 5.91 Å². The number of piperazine rings is 1. The molecule has 0 radical (unpaired) electrons. The van der Waals surface area contributed by atoms with Gasteiger partial charge in [0.25, 0.3) is 0 Å². The lowest BCUT2D eigenvalue weighted by atomic mass is 10.0. The van der Waals surface area contributed by atoms with E-state index in [9.17, 15) is 9.18 Å². The molecule has 0 aliphatic carbocycles. The SMILES string of the molecule is CN(C)C(=O)CN1CCN(c2cccc(-c3cnc(C=CC(=N)N4CCCC4c4cccc(F)c4)[nH]3)n2)CC1. The number of nitrogens with one attached hydrogen (secondary N) is 2. The zero-order chi connectivity index (χ0) is 27.4. The van der Waals surface area contributed by atoms with Crippen LogP contribution < -0.4 is 4.90 Å². The Bertz CT molecular complexity index is 1340. The summed E-state index contributed by atoms with van der Waals surface area (Å²) >= 11 is 0.